The van der Waals surface area contributed by atoms with E-state index in [0.29, 0.717) is 39.4 Å². The minimum Gasteiger partial charge on any atom is -0.497 e. The number of thioether (sulfide) groups is 1. The largest absolute Gasteiger partial charge is 0.497 e. The maximum atomic E-state index is 14.2. The molecule has 0 spiro atoms. The van der Waals surface area contributed by atoms with Gasteiger partial charge in [-0.25, -0.2) is 9.97 Å². The van der Waals surface area contributed by atoms with Crippen LogP contribution in [0.15, 0.2) is 78.0 Å². The monoisotopic (exact) mass is 616 g/mol. The Morgan fingerprint density at radius 3 is 1.93 bits per heavy atom. The van der Waals surface area contributed by atoms with Crippen molar-refractivity contribution in [2.24, 2.45) is 0 Å². The van der Waals surface area contributed by atoms with Crippen LogP contribution in [0.5, 0.6) is 23.0 Å². The summed E-state index contributed by atoms with van der Waals surface area (Å²) in [7, 11) is 6.23. The third-order valence-electron chi connectivity index (χ3n) is 6.76. The number of methoxy groups -OCH3 is 4. The standard InChI is InChI=1S/C33H36N4O6S/c1-21-17-22(2)35-33(34-21)44-20-30(38)37(19-23-7-12-26(40-3)13-8-23)31(24-9-16-28(42-5)29(18-24)43-6)32(39)36-25-10-14-27(41-4)15-11-25/h7-18,31H,19-20H2,1-6H3,(H,36,39)/t31-/m1/s1. The summed E-state index contributed by atoms with van der Waals surface area (Å²) in [5.41, 5.74) is 3.53. The molecular weight excluding hydrogens is 580 g/mol. The number of hydrogen-bond acceptors (Lipinski definition) is 9. The van der Waals surface area contributed by atoms with Crippen LogP contribution in [0.1, 0.15) is 28.6 Å². The van der Waals surface area contributed by atoms with Crippen molar-refractivity contribution in [3.63, 3.8) is 0 Å². The summed E-state index contributed by atoms with van der Waals surface area (Å²) in [6.07, 6.45) is 0. The molecule has 0 aliphatic carbocycles. The maximum absolute atomic E-state index is 14.2. The topological polar surface area (TPSA) is 112 Å². The minimum absolute atomic E-state index is 0.0126. The highest BCUT2D eigenvalue weighted by molar-refractivity contribution is 7.99. The fourth-order valence-corrected chi connectivity index (χ4v) is 5.43. The van der Waals surface area contributed by atoms with E-state index in [4.69, 9.17) is 18.9 Å². The fourth-order valence-electron chi connectivity index (χ4n) is 4.60. The Hall–Kier alpha value is -4.77. The molecule has 1 heterocycles. The molecule has 0 radical (unpaired) electrons. The Kier molecular flexibility index (Phi) is 11.0. The third kappa shape index (κ3) is 8.19. The van der Waals surface area contributed by atoms with Gasteiger partial charge < -0.3 is 29.2 Å². The van der Waals surface area contributed by atoms with Gasteiger partial charge in [0.1, 0.15) is 17.5 Å². The van der Waals surface area contributed by atoms with Crippen LogP contribution in [-0.2, 0) is 16.1 Å². The van der Waals surface area contributed by atoms with Crippen molar-refractivity contribution >= 4 is 29.3 Å². The average Bonchev–Trinajstić information content (AvgIpc) is 3.03. The first kappa shape index (κ1) is 32.2. The lowest BCUT2D eigenvalue weighted by atomic mass is 10.0. The molecule has 0 bridgehead atoms. The lowest BCUT2D eigenvalue weighted by Gasteiger charge is -2.32. The SMILES string of the molecule is COc1ccc(CN(C(=O)CSc2nc(C)cc(C)n2)[C@@H](C(=O)Nc2ccc(OC)cc2)c2ccc(OC)c(OC)c2)cc1. The van der Waals surface area contributed by atoms with Crippen molar-refractivity contribution in [1.29, 1.82) is 0 Å². The Bertz CT molecular complexity index is 1560. The molecule has 1 atom stereocenters. The number of hydrogen-bond donors (Lipinski definition) is 1. The van der Waals surface area contributed by atoms with Crippen molar-refractivity contribution in [2.45, 2.75) is 31.6 Å². The van der Waals surface area contributed by atoms with Gasteiger partial charge in [-0.2, -0.15) is 0 Å². The van der Waals surface area contributed by atoms with Crippen LogP contribution in [0.4, 0.5) is 5.69 Å². The molecule has 0 unspecified atom stereocenters. The predicted octanol–water partition coefficient (Wildman–Crippen LogP) is 5.63. The quantitative estimate of drug-likeness (QED) is 0.151. The Balaban J connectivity index is 1.76. The number of carbonyl (C=O) groups is 2. The number of amides is 2. The van der Waals surface area contributed by atoms with Crippen molar-refractivity contribution in [1.82, 2.24) is 14.9 Å². The van der Waals surface area contributed by atoms with E-state index in [0.717, 1.165) is 17.0 Å². The van der Waals surface area contributed by atoms with Gasteiger partial charge in [-0.15, -0.1) is 0 Å². The van der Waals surface area contributed by atoms with Crippen LogP contribution in [0.2, 0.25) is 0 Å². The van der Waals surface area contributed by atoms with Crippen LogP contribution in [0, 0.1) is 13.8 Å². The lowest BCUT2D eigenvalue weighted by Crippen LogP contribution is -2.41. The van der Waals surface area contributed by atoms with E-state index in [-0.39, 0.29) is 18.2 Å². The van der Waals surface area contributed by atoms with E-state index in [1.807, 2.05) is 44.2 Å². The van der Waals surface area contributed by atoms with E-state index >= 15 is 0 Å². The van der Waals surface area contributed by atoms with Gasteiger partial charge in [-0.3, -0.25) is 9.59 Å². The van der Waals surface area contributed by atoms with Crippen molar-refractivity contribution in [3.8, 4) is 23.0 Å². The van der Waals surface area contributed by atoms with E-state index in [9.17, 15) is 9.59 Å². The fraction of sp³-hybridized carbons (Fsp3) is 0.273. The number of anilines is 1. The Labute approximate surface area is 261 Å². The van der Waals surface area contributed by atoms with Gasteiger partial charge in [0, 0.05) is 23.6 Å². The minimum atomic E-state index is -1.03. The van der Waals surface area contributed by atoms with Gasteiger partial charge in [0.15, 0.2) is 16.7 Å². The third-order valence-corrected chi connectivity index (χ3v) is 7.59. The highest BCUT2D eigenvalue weighted by atomic mass is 32.2. The first-order valence-electron chi connectivity index (χ1n) is 13.8. The molecule has 10 nitrogen and oxygen atoms in total. The number of nitrogens with zero attached hydrogens (tertiary/aromatic N) is 3. The summed E-state index contributed by atoms with van der Waals surface area (Å²) in [5.74, 6) is 1.60. The maximum Gasteiger partial charge on any atom is 0.251 e. The van der Waals surface area contributed by atoms with Crippen LogP contribution < -0.4 is 24.3 Å². The van der Waals surface area contributed by atoms with Crippen LogP contribution in [0.3, 0.4) is 0 Å². The van der Waals surface area contributed by atoms with Gasteiger partial charge in [0.2, 0.25) is 5.91 Å². The number of carbonyl (C=O) groups excluding carboxylic acids is 2. The van der Waals surface area contributed by atoms with Gasteiger partial charge >= 0.3 is 0 Å². The van der Waals surface area contributed by atoms with Gasteiger partial charge in [-0.1, -0.05) is 30.0 Å². The summed E-state index contributed by atoms with van der Waals surface area (Å²) in [6.45, 7) is 3.91. The zero-order chi connectivity index (χ0) is 31.6. The molecule has 0 saturated heterocycles. The number of aryl methyl sites for hydroxylation is 2. The Morgan fingerprint density at radius 1 is 0.773 bits per heavy atom. The molecule has 4 aromatic rings. The van der Waals surface area contributed by atoms with E-state index in [2.05, 4.69) is 15.3 Å². The molecule has 3 aromatic carbocycles. The van der Waals surface area contributed by atoms with E-state index in [1.165, 1.54) is 26.0 Å². The van der Waals surface area contributed by atoms with E-state index in [1.54, 1.807) is 61.6 Å². The number of ether oxygens (including phenoxy) is 4. The molecular formula is C33H36N4O6S. The van der Waals surface area contributed by atoms with Gasteiger partial charge in [-0.05, 0) is 79.6 Å². The molecule has 1 aromatic heterocycles. The number of aromatic nitrogens is 2. The first-order valence-corrected chi connectivity index (χ1v) is 14.8. The Morgan fingerprint density at radius 2 is 1.36 bits per heavy atom. The second-order valence-corrected chi connectivity index (χ2v) is 10.8. The molecule has 0 aliphatic heterocycles. The smallest absolute Gasteiger partial charge is 0.251 e. The first-order chi connectivity index (χ1) is 21.2. The highest BCUT2D eigenvalue weighted by Crippen LogP contribution is 2.34. The summed E-state index contributed by atoms with van der Waals surface area (Å²) in [4.78, 5) is 38.8. The molecule has 1 N–H and O–H groups in total. The predicted molar refractivity (Wildman–Crippen MR) is 170 cm³/mol. The molecule has 2 amide bonds. The number of rotatable bonds is 13. The van der Waals surface area contributed by atoms with Crippen LogP contribution >= 0.6 is 11.8 Å². The average molecular weight is 617 g/mol. The molecule has 0 aliphatic rings. The summed E-state index contributed by atoms with van der Waals surface area (Å²) >= 11 is 1.22. The van der Waals surface area contributed by atoms with Gasteiger partial charge in [0.25, 0.3) is 5.91 Å². The zero-order valence-electron chi connectivity index (χ0n) is 25.6. The molecule has 0 fully saturated rings. The summed E-state index contributed by atoms with van der Waals surface area (Å²) in [6, 6.07) is 20.4. The van der Waals surface area contributed by atoms with Crippen LogP contribution in [0.25, 0.3) is 0 Å². The number of nitrogens with one attached hydrogen (secondary N) is 1. The van der Waals surface area contributed by atoms with Gasteiger partial charge in [0.05, 0.1) is 34.2 Å². The molecule has 44 heavy (non-hydrogen) atoms. The molecule has 11 heteroatoms. The summed E-state index contributed by atoms with van der Waals surface area (Å²) in [5, 5.41) is 3.47. The van der Waals surface area contributed by atoms with Crippen LogP contribution in [-0.4, -0.2) is 60.9 Å². The van der Waals surface area contributed by atoms with Crippen molar-refractivity contribution in [3.05, 3.63) is 95.3 Å². The van der Waals surface area contributed by atoms with Crippen molar-refractivity contribution < 1.29 is 28.5 Å². The number of benzene rings is 3. The van der Waals surface area contributed by atoms with E-state index < -0.39 is 11.9 Å². The second kappa shape index (κ2) is 15.1. The molecule has 0 saturated carbocycles. The second-order valence-electron chi connectivity index (χ2n) is 9.83. The molecule has 4 rings (SSSR count). The zero-order valence-corrected chi connectivity index (χ0v) is 26.4. The highest BCUT2D eigenvalue weighted by Gasteiger charge is 2.33. The van der Waals surface area contributed by atoms with Crippen molar-refractivity contribution in [2.75, 3.05) is 39.5 Å². The molecule has 230 valence electrons. The lowest BCUT2D eigenvalue weighted by molar-refractivity contribution is -0.137. The summed E-state index contributed by atoms with van der Waals surface area (Å²) < 4.78 is 21.6. The normalized spacial score (nSPS) is 11.3.